The van der Waals surface area contributed by atoms with Crippen molar-refractivity contribution in [1.82, 2.24) is 31.1 Å². The second-order valence-corrected chi connectivity index (χ2v) is 24.6. The van der Waals surface area contributed by atoms with Crippen LogP contribution in [-0.4, -0.2) is 129 Å². The molecule has 2 aromatic rings. The summed E-state index contributed by atoms with van der Waals surface area (Å²) in [4.78, 5) is 62.5. The van der Waals surface area contributed by atoms with Crippen molar-refractivity contribution in [2.24, 2.45) is 16.7 Å². The van der Waals surface area contributed by atoms with Gasteiger partial charge >= 0.3 is 0 Å². The normalized spacial score (nSPS) is 25.7. The molecule has 0 radical (unpaired) electrons. The quantitative estimate of drug-likeness (QED) is 0.0590. The summed E-state index contributed by atoms with van der Waals surface area (Å²) in [5, 5.41) is 13.0. The molecule has 0 saturated carbocycles. The Balaban J connectivity index is 0.978. The number of Topliss-reactive ketones (excluding diaryl/α,β-unsaturated/α-hetero) is 1. The van der Waals surface area contributed by atoms with E-state index in [1.807, 2.05) is 72.3 Å². The molecular formula is C54H80N6O6S4. The highest BCUT2D eigenvalue weighted by molar-refractivity contribution is 8.00. The molecule has 2 aromatic carbocycles. The fourth-order valence-electron chi connectivity index (χ4n) is 10.4. The summed E-state index contributed by atoms with van der Waals surface area (Å²) in [7, 11) is 1.85. The predicted octanol–water partition coefficient (Wildman–Crippen LogP) is 8.59. The fourth-order valence-corrected chi connectivity index (χ4v) is 14.2. The number of hydrogen-bond acceptors (Lipinski definition) is 11. The summed E-state index contributed by atoms with van der Waals surface area (Å²) in [6, 6.07) is 17.5. The maximum absolute atomic E-state index is 14.5. The van der Waals surface area contributed by atoms with E-state index in [9.17, 15) is 19.2 Å². The standard InChI is InChI=1S/C54H80N6O6S4/c1-9-35(2)49(67)57-40-24-28-70-45-32-54(6,7)47(60(45)52(40)64)48(62)56-42(38-22-16-13-17-23-38)34-66-27-19-11-10-18-26-65-33-39(37-20-14-12-15-21-37)30-43(61)46-53(4,5)31-44-59(46)51(63)41(25-29-69-44)58-50(68)36(3)55-8/h12-17,20-23,35-36,39-42,44-47,55H,9-11,18-19,24-34H2,1-8H3,(H,56,62)(H,57,67)(H,58,68)/t35-,36+,39-,40+,41+,42-,44+,45+,46-,47-/m1/s1. The first-order valence-corrected chi connectivity index (χ1v) is 28.6. The van der Waals surface area contributed by atoms with Crippen LogP contribution in [0.2, 0.25) is 0 Å². The number of likely N-dealkylation sites (N-methyl/N-ethyl adjacent to an activating group) is 1. The summed E-state index contributed by atoms with van der Waals surface area (Å²) in [6.07, 6.45) is 7.68. The molecule has 0 unspecified atom stereocenters. The molecule has 6 rings (SSSR count). The topological polar surface area (TPSA) is 141 Å². The van der Waals surface area contributed by atoms with E-state index in [-0.39, 0.29) is 70.0 Å². The zero-order valence-electron chi connectivity index (χ0n) is 42.8. The van der Waals surface area contributed by atoms with Crippen LogP contribution in [-0.2, 0) is 28.7 Å². The number of unbranched alkanes of at least 4 members (excludes halogenated alkanes) is 3. The van der Waals surface area contributed by atoms with Crippen LogP contribution in [0, 0.1) is 16.7 Å². The molecule has 3 amide bonds. The maximum Gasteiger partial charge on any atom is 0.246 e. The van der Waals surface area contributed by atoms with Crippen LogP contribution in [0.15, 0.2) is 60.7 Å². The molecule has 10 atom stereocenters. The summed E-state index contributed by atoms with van der Waals surface area (Å²) < 4.78 is 12.6. The first-order valence-electron chi connectivity index (χ1n) is 25.7. The van der Waals surface area contributed by atoms with Gasteiger partial charge in [-0.2, -0.15) is 0 Å². The third-order valence-electron chi connectivity index (χ3n) is 14.8. The van der Waals surface area contributed by atoms with E-state index < -0.39 is 29.6 Å². The van der Waals surface area contributed by atoms with Crippen molar-refractivity contribution < 1.29 is 28.7 Å². The van der Waals surface area contributed by atoms with Crippen LogP contribution in [0.5, 0.6) is 0 Å². The van der Waals surface area contributed by atoms with E-state index in [4.69, 9.17) is 33.9 Å². The smallest absolute Gasteiger partial charge is 0.246 e. The molecule has 4 N–H and O–H groups in total. The molecule has 12 nitrogen and oxygen atoms in total. The Bertz CT molecular complexity index is 1940. The summed E-state index contributed by atoms with van der Waals surface area (Å²) in [5.41, 5.74) is 1.22. The van der Waals surface area contributed by atoms with Gasteiger partial charge in [0.25, 0.3) is 0 Å². The molecule has 4 saturated heterocycles. The number of amides is 3. The number of ketones is 1. The number of ether oxygens (including phenoxy) is 2. The number of fused-ring (bicyclic) bond motifs is 2. The van der Waals surface area contributed by atoms with Crippen molar-refractivity contribution in [1.29, 1.82) is 0 Å². The number of carbonyl (C=O) groups is 4. The lowest BCUT2D eigenvalue weighted by Crippen LogP contribution is -2.57. The maximum atomic E-state index is 14.5. The number of rotatable bonds is 24. The van der Waals surface area contributed by atoms with Gasteiger partial charge in [-0.3, -0.25) is 19.2 Å². The van der Waals surface area contributed by atoms with Crippen molar-refractivity contribution in [2.45, 2.75) is 166 Å². The molecule has 16 heteroatoms. The van der Waals surface area contributed by atoms with Crippen LogP contribution in [0.25, 0.3) is 0 Å². The zero-order valence-corrected chi connectivity index (χ0v) is 46.1. The van der Waals surface area contributed by atoms with E-state index in [1.165, 1.54) is 0 Å². The van der Waals surface area contributed by atoms with Crippen molar-refractivity contribution in [2.75, 3.05) is 45.0 Å². The summed E-state index contributed by atoms with van der Waals surface area (Å²) in [6.45, 7) is 16.4. The first kappa shape index (κ1) is 56.2. The lowest BCUT2D eigenvalue weighted by atomic mass is 9.79. The molecular weight excluding hydrogens is 957 g/mol. The Morgan fingerprint density at radius 3 is 1.77 bits per heavy atom. The molecule has 4 aliphatic heterocycles. The lowest BCUT2D eigenvalue weighted by molar-refractivity contribution is -0.142. The number of nitrogens with zero attached hydrogens (tertiary/aromatic N) is 2. The number of benzene rings is 2. The molecule has 0 bridgehead atoms. The molecule has 4 fully saturated rings. The molecule has 4 aliphatic rings. The fraction of sp³-hybridized carbons (Fsp3) is 0.667. The van der Waals surface area contributed by atoms with Gasteiger partial charge in [0, 0.05) is 31.5 Å². The Morgan fingerprint density at radius 1 is 0.729 bits per heavy atom. The summed E-state index contributed by atoms with van der Waals surface area (Å²) in [5.74, 6) is 1.50. The highest BCUT2D eigenvalue weighted by Crippen LogP contribution is 2.48. The zero-order chi connectivity index (χ0) is 50.6. The average Bonchev–Trinajstić information content (AvgIpc) is 3.66. The second kappa shape index (κ2) is 26.2. The number of hydrogen-bond donors (Lipinski definition) is 4. The van der Waals surface area contributed by atoms with Crippen molar-refractivity contribution in [3.8, 4) is 0 Å². The van der Waals surface area contributed by atoms with E-state index in [0.717, 1.165) is 67.6 Å². The van der Waals surface area contributed by atoms with Crippen LogP contribution >= 0.6 is 48.0 Å². The van der Waals surface area contributed by atoms with Crippen LogP contribution < -0.4 is 21.3 Å². The van der Waals surface area contributed by atoms with Crippen molar-refractivity contribution in [3.63, 3.8) is 0 Å². The van der Waals surface area contributed by atoms with E-state index in [2.05, 4.69) is 74.9 Å². The van der Waals surface area contributed by atoms with E-state index >= 15 is 0 Å². The second-order valence-electron chi connectivity index (χ2n) is 21.2. The molecule has 4 heterocycles. The van der Waals surface area contributed by atoms with Gasteiger partial charge in [-0.05, 0) is 92.4 Å². The molecule has 0 aliphatic carbocycles. The minimum absolute atomic E-state index is 0.0389. The number of thiocarbonyl (C=S) groups is 2. The van der Waals surface area contributed by atoms with Crippen LogP contribution in [0.4, 0.5) is 0 Å². The SMILES string of the molecule is CC[C@@H](C)C(=S)N[C@H]1CCS[C@H]2CC(C)(C)[C@@H](C(=O)N[C@H](COCCCCCCOC[C@@H](CC(=O)[C@H]3N4C(=O)[C@@H](NC(=S)[C@H](C)NC)CCS[C@H]4CC3(C)C)c3ccccc3)c3ccccc3)N2C1=O. The van der Waals surface area contributed by atoms with Gasteiger partial charge in [0.1, 0.15) is 18.1 Å². The number of nitrogens with one attached hydrogen (secondary N) is 4. The van der Waals surface area contributed by atoms with Crippen LogP contribution in [0.1, 0.15) is 136 Å². The minimum Gasteiger partial charge on any atom is -0.381 e. The third-order valence-corrected chi connectivity index (χ3v) is 18.3. The van der Waals surface area contributed by atoms with Crippen molar-refractivity contribution in [3.05, 3.63) is 71.8 Å². The Labute approximate surface area is 437 Å². The van der Waals surface area contributed by atoms with Gasteiger partial charge in [-0.1, -0.05) is 139 Å². The Hall–Kier alpha value is -3.12. The lowest BCUT2D eigenvalue weighted by Gasteiger charge is -2.35. The van der Waals surface area contributed by atoms with E-state index in [0.29, 0.717) is 49.2 Å². The molecule has 70 heavy (non-hydrogen) atoms. The van der Waals surface area contributed by atoms with Gasteiger partial charge in [0.05, 0.1) is 52.1 Å². The summed E-state index contributed by atoms with van der Waals surface area (Å²) >= 11 is 14.8. The molecule has 0 spiro atoms. The highest BCUT2D eigenvalue weighted by atomic mass is 32.2. The van der Waals surface area contributed by atoms with Gasteiger partial charge < -0.3 is 40.5 Å². The highest BCUT2D eigenvalue weighted by Gasteiger charge is 2.56. The number of thioether (sulfide) groups is 2. The monoisotopic (exact) mass is 1040 g/mol. The van der Waals surface area contributed by atoms with Crippen LogP contribution in [0.3, 0.4) is 0 Å². The van der Waals surface area contributed by atoms with Gasteiger partial charge in [-0.15, -0.1) is 23.5 Å². The molecule has 386 valence electrons. The van der Waals surface area contributed by atoms with Gasteiger partial charge in [-0.25, -0.2) is 0 Å². The van der Waals surface area contributed by atoms with Gasteiger partial charge in [0.2, 0.25) is 17.7 Å². The van der Waals surface area contributed by atoms with Crippen molar-refractivity contribution >= 4 is 81.4 Å². The van der Waals surface area contributed by atoms with Gasteiger partial charge in [0.15, 0.2) is 5.78 Å². The minimum atomic E-state index is -0.626. The molecule has 0 aromatic heterocycles. The largest absolute Gasteiger partial charge is 0.381 e. The average molecular weight is 1040 g/mol. The van der Waals surface area contributed by atoms with E-state index in [1.54, 1.807) is 23.5 Å². The Morgan fingerprint density at radius 2 is 1.23 bits per heavy atom. The Kier molecular flexibility index (Phi) is 21.0. The predicted molar refractivity (Wildman–Crippen MR) is 293 cm³/mol. The third kappa shape index (κ3) is 14.3. The number of carbonyl (C=O) groups excluding carboxylic acids is 4. The first-order chi connectivity index (χ1) is 33.5.